The van der Waals surface area contributed by atoms with E-state index in [9.17, 15) is 13.2 Å². The second kappa shape index (κ2) is 13.4. The normalized spacial score (nSPS) is 20.7. The van der Waals surface area contributed by atoms with Gasteiger partial charge >= 0.3 is 0 Å². The van der Waals surface area contributed by atoms with Crippen LogP contribution < -0.4 is 9.64 Å². The maximum absolute atomic E-state index is 13.8. The van der Waals surface area contributed by atoms with E-state index >= 15 is 0 Å². The molecular weight excluding hydrogens is 526 g/mol. The number of piperidine rings is 1. The number of rotatable bonds is 9. The van der Waals surface area contributed by atoms with Crippen molar-refractivity contribution in [3.8, 4) is 5.75 Å². The molecule has 2 aliphatic rings. The van der Waals surface area contributed by atoms with Crippen LogP contribution in [0.1, 0.15) is 67.7 Å². The molecule has 9 heteroatoms. The van der Waals surface area contributed by atoms with Crippen LogP contribution >= 0.6 is 0 Å². The van der Waals surface area contributed by atoms with E-state index in [2.05, 4.69) is 29.2 Å². The van der Waals surface area contributed by atoms with Gasteiger partial charge in [-0.3, -0.25) is 4.79 Å². The topological polar surface area (TPSA) is 79.4 Å². The molecule has 0 spiro atoms. The van der Waals surface area contributed by atoms with Crippen LogP contribution in [0.2, 0.25) is 0 Å². The average Bonchev–Trinajstić information content (AvgIpc) is 3.19. The SMILES string of the molecule is COc1cc(C)c(S(=O)(=O)N2CCCCC2COCC(=O)N2CCCCCC2c2ccc(N(C)C)cc2)c(C)c1. The molecule has 0 aliphatic carbocycles. The second-order valence-corrected chi connectivity index (χ2v) is 13.1. The van der Waals surface area contributed by atoms with Gasteiger partial charge in [0, 0.05) is 38.9 Å². The van der Waals surface area contributed by atoms with Crippen LogP contribution in [0.3, 0.4) is 0 Å². The van der Waals surface area contributed by atoms with Crippen molar-refractivity contribution in [2.24, 2.45) is 0 Å². The molecule has 2 aliphatic heterocycles. The standard InChI is InChI=1S/C31H45N3O5S/c1-23-19-28(38-5)20-24(2)31(23)40(36,37)34-18-10-8-11-27(34)21-39-22-30(35)33-17-9-6-7-12-29(33)25-13-15-26(16-14-25)32(3)4/h13-16,19-20,27,29H,6-12,17-18,21-22H2,1-5H3. The third-order valence-electron chi connectivity index (χ3n) is 8.21. The Hall–Kier alpha value is -2.62. The van der Waals surface area contributed by atoms with Crippen molar-refractivity contribution in [1.82, 2.24) is 9.21 Å². The third-order valence-corrected chi connectivity index (χ3v) is 10.5. The number of methoxy groups -OCH3 is 1. The summed E-state index contributed by atoms with van der Waals surface area (Å²) in [4.78, 5) is 17.8. The minimum absolute atomic E-state index is 0.0300. The molecule has 0 bridgehead atoms. The van der Waals surface area contributed by atoms with E-state index < -0.39 is 10.0 Å². The quantitative estimate of drug-likeness (QED) is 0.418. The summed E-state index contributed by atoms with van der Waals surface area (Å²) in [6, 6.07) is 11.7. The molecule has 40 heavy (non-hydrogen) atoms. The molecule has 8 nitrogen and oxygen atoms in total. The summed E-state index contributed by atoms with van der Waals surface area (Å²) < 4.78 is 40.6. The van der Waals surface area contributed by atoms with Crippen LogP contribution in [0, 0.1) is 13.8 Å². The fourth-order valence-electron chi connectivity index (χ4n) is 6.12. The van der Waals surface area contributed by atoms with E-state index in [1.165, 1.54) is 0 Å². The summed E-state index contributed by atoms with van der Waals surface area (Å²) in [6.45, 7) is 4.94. The van der Waals surface area contributed by atoms with Crippen LogP contribution in [0.25, 0.3) is 0 Å². The summed E-state index contributed by atoms with van der Waals surface area (Å²) >= 11 is 0. The van der Waals surface area contributed by atoms with Gasteiger partial charge in [-0.05, 0) is 80.5 Å². The number of likely N-dealkylation sites (tertiary alicyclic amines) is 1. The molecule has 2 saturated heterocycles. The predicted octanol–water partition coefficient (Wildman–Crippen LogP) is 5.08. The monoisotopic (exact) mass is 571 g/mol. The van der Waals surface area contributed by atoms with Gasteiger partial charge in [0.1, 0.15) is 12.4 Å². The van der Waals surface area contributed by atoms with E-state index in [1.807, 2.05) is 32.8 Å². The van der Waals surface area contributed by atoms with Crippen molar-refractivity contribution >= 4 is 21.6 Å². The van der Waals surface area contributed by atoms with E-state index in [0.717, 1.165) is 49.8 Å². The first kappa shape index (κ1) is 30.3. The van der Waals surface area contributed by atoms with Crippen molar-refractivity contribution in [2.75, 3.05) is 52.4 Å². The number of nitrogens with zero attached hydrogens (tertiary/aromatic N) is 3. The second-order valence-electron chi connectivity index (χ2n) is 11.3. The molecule has 2 unspecified atom stereocenters. The maximum Gasteiger partial charge on any atom is 0.249 e. The minimum Gasteiger partial charge on any atom is -0.497 e. The molecular formula is C31H45N3O5S. The zero-order valence-electron chi connectivity index (χ0n) is 24.7. The zero-order chi connectivity index (χ0) is 28.9. The average molecular weight is 572 g/mol. The highest BCUT2D eigenvalue weighted by Gasteiger charge is 2.36. The summed E-state index contributed by atoms with van der Waals surface area (Å²) in [5.41, 5.74) is 3.62. The van der Waals surface area contributed by atoms with Crippen LogP contribution in [-0.2, 0) is 19.6 Å². The van der Waals surface area contributed by atoms with Gasteiger partial charge in [0.25, 0.3) is 0 Å². The lowest BCUT2D eigenvalue weighted by Crippen LogP contribution is -2.47. The predicted molar refractivity (Wildman–Crippen MR) is 159 cm³/mol. The fourth-order valence-corrected chi connectivity index (χ4v) is 8.22. The molecule has 1 amide bonds. The molecule has 0 radical (unpaired) electrons. The highest BCUT2D eigenvalue weighted by Crippen LogP contribution is 2.33. The fraction of sp³-hybridized carbons (Fsp3) is 0.581. The highest BCUT2D eigenvalue weighted by molar-refractivity contribution is 7.89. The van der Waals surface area contributed by atoms with Crippen molar-refractivity contribution in [2.45, 2.75) is 75.8 Å². The first-order valence-corrected chi connectivity index (χ1v) is 15.9. The van der Waals surface area contributed by atoms with Crippen LogP contribution in [0.4, 0.5) is 5.69 Å². The highest BCUT2D eigenvalue weighted by atomic mass is 32.2. The van der Waals surface area contributed by atoms with Gasteiger partial charge in [0.05, 0.1) is 24.7 Å². The Kier molecular flexibility index (Phi) is 10.1. The van der Waals surface area contributed by atoms with Crippen molar-refractivity contribution in [3.63, 3.8) is 0 Å². The molecule has 220 valence electrons. The minimum atomic E-state index is -3.73. The lowest BCUT2D eigenvalue weighted by atomic mass is 10.0. The number of sulfonamides is 1. The summed E-state index contributed by atoms with van der Waals surface area (Å²) in [5.74, 6) is 0.613. The van der Waals surface area contributed by atoms with Gasteiger partial charge in [0.15, 0.2) is 0 Å². The van der Waals surface area contributed by atoms with Crippen LogP contribution in [-0.4, -0.2) is 77.1 Å². The van der Waals surface area contributed by atoms with Gasteiger partial charge < -0.3 is 19.3 Å². The van der Waals surface area contributed by atoms with Crippen molar-refractivity contribution in [1.29, 1.82) is 0 Å². The molecule has 0 saturated carbocycles. The summed E-state index contributed by atoms with van der Waals surface area (Å²) in [5, 5.41) is 0. The van der Waals surface area contributed by atoms with E-state index in [-0.39, 0.29) is 31.2 Å². The molecule has 2 aromatic rings. The summed E-state index contributed by atoms with van der Waals surface area (Å²) in [6.07, 6.45) is 6.57. The number of aryl methyl sites for hydroxylation is 2. The van der Waals surface area contributed by atoms with Crippen molar-refractivity contribution in [3.05, 3.63) is 53.1 Å². The Labute approximate surface area is 240 Å². The number of amides is 1. The zero-order valence-corrected chi connectivity index (χ0v) is 25.5. The molecule has 2 atom stereocenters. The first-order chi connectivity index (χ1) is 19.1. The van der Waals surface area contributed by atoms with Crippen LogP contribution in [0.15, 0.2) is 41.3 Å². The molecule has 0 N–H and O–H groups in total. The molecule has 0 aromatic heterocycles. The number of hydrogen-bond donors (Lipinski definition) is 0. The van der Waals surface area contributed by atoms with E-state index in [1.54, 1.807) is 23.5 Å². The number of carbonyl (C=O) groups excluding carboxylic acids is 1. The van der Waals surface area contributed by atoms with Gasteiger partial charge in [-0.15, -0.1) is 0 Å². The first-order valence-electron chi connectivity index (χ1n) is 14.4. The Morgan fingerprint density at radius 3 is 2.25 bits per heavy atom. The number of carbonyl (C=O) groups is 1. The lowest BCUT2D eigenvalue weighted by molar-refractivity contribution is -0.139. The Morgan fingerprint density at radius 1 is 0.950 bits per heavy atom. The Morgan fingerprint density at radius 2 is 1.60 bits per heavy atom. The molecule has 2 aromatic carbocycles. The Bertz CT molecular complexity index is 1240. The van der Waals surface area contributed by atoms with Gasteiger partial charge in [0.2, 0.25) is 15.9 Å². The van der Waals surface area contributed by atoms with E-state index in [4.69, 9.17) is 9.47 Å². The smallest absolute Gasteiger partial charge is 0.249 e. The van der Waals surface area contributed by atoms with Gasteiger partial charge in [-0.25, -0.2) is 8.42 Å². The largest absolute Gasteiger partial charge is 0.497 e. The van der Waals surface area contributed by atoms with E-state index in [0.29, 0.717) is 41.3 Å². The van der Waals surface area contributed by atoms with Crippen molar-refractivity contribution < 1.29 is 22.7 Å². The van der Waals surface area contributed by atoms with Gasteiger partial charge in [-0.1, -0.05) is 31.4 Å². The molecule has 4 rings (SSSR count). The third kappa shape index (κ3) is 6.81. The number of benzene rings is 2. The van der Waals surface area contributed by atoms with Gasteiger partial charge in [-0.2, -0.15) is 4.31 Å². The Balaban J connectivity index is 1.44. The lowest BCUT2D eigenvalue weighted by Gasteiger charge is -2.35. The molecule has 2 heterocycles. The molecule has 2 fully saturated rings. The number of anilines is 1. The maximum atomic E-state index is 13.8. The number of hydrogen-bond acceptors (Lipinski definition) is 6. The summed E-state index contributed by atoms with van der Waals surface area (Å²) in [7, 11) is 1.89. The number of ether oxygens (including phenoxy) is 2. The van der Waals surface area contributed by atoms with Crippen LogP contribution in [0.5, 0.6) is 5.75 Å².